The minimum absolute atomic E-state index is 0.654. The first kappa shape index (κ1) is 32.2. The van der Waals surface area contributed by atoms with Gasteiger partial charge in [-0.1, -0.05) is 176 Å². The third-order valence-electron chi connectivity index (χ3n) is 12.5. The summed E-state index contributed by atoms with van der Waals surface area (Å²) in [5, 5.41) is 18.1. The second kappa shape index (κ2) is 12.3. The van der Waals surface area contributed by atoms with Gasteiger partial charge in [-0.2, -0.15) is 0 Å². The highest BCUT2D eigenvalue weighted by Crippen LogP contribution is 2.45. The molecule has 0 N–H and O–H groups in total. The molecule has 0 spiro atoms. The van der Waals surface area contributed by atoms with Gasteiger partial charge in [0.25, 0.3) is 0 Å². The number of nitrogens with zero attached hydrogens (tertiary/aromatic N) is 3. The van der Waals surface area contributed by atoms with Crippen LogP contribution in [0.5, 0.6) is 0 Å². The average molecular weight is 748 g/mol. The summed E-state index contributed by atoms with van der Waals surface area (Å²) in [6, 6.07) is 72.7. The molecule has 0 radical (unpaired) electrons. The van der Waals surface area contributed by atoms with Crippen LogP contribution in [0.4, 0.5) is 0 Å². The van der Waals surface area contributed by atoms with Crippen LogP contribution in [0, 0.1) is 0 Å². The topological polar surface area (TPSA) is 30.7 Å². The van der Waals surface area contributed by atoms with Crippen molar-refractivity contribution in [3.63, 3.8) is 0 Å². The van der Waals surface area contributed by atoms with Gasteiger partial charge in [-0.3, -0.25) is 4.57 Å². The highest BCUT2D eigenvalue weighted by atomic mass is 15.2. The fourth-order valence-electron chi connectivity index (χ4n) is 9.86. The minimum atomic E-state index is 0.654. The van der Waals surface area contributed by atoms with Crippen LogP contribution in [0.2, 0.25) is 0 Å². The third kappa shape index (κ3) is 4.70. The third-order valence-corrected chi connectivity index (χ3v) is 12.5. The van der Waals surface area contributed by atoms with E-state index in [0.29, 0.717) is 5.95 Å². The molecule has 0 fully saturated rings. The van der Waals surface area contributed by atoms with E-state index in [1.165, 1.54) is 75.8 Å². The van der Waals surface area contributed by atoms with Crippen molar-refractivity contribution in [1.29, 1.82) is 0 Å². The summed E-state index contributed by atoms with van der Waals surface area (Å²) in [6.07, 6.45) is 0. The molecule has 2 heterocycles. The van der Waals surface area contributed by atoms with Gasteiger partial charge in [0.05, 0.1) is 22.2 Å². The van der Waals surface area contributed by atoms with Crippen molar-refractivity contribution in [3.8, 4) is 28.3 Å². The predicted molar refractivity (Wildman–Crippen MR) is 250 cm³/mol. The first-order valence-electron chi connectivity index (χ1n) is 20.2. The quantitative estimate of drug-likeness (QED) is 0.169. The monoisotopic (exact) mass is 747 g/mol. The van der Waals surface area contributed by atoms with Gasteiger partial charge in [-0.25, -0.2) is 9.97 Å². The SMILES string of the molecule is c1ccc2cc3c(cc2c1)c1c2c4ccccc4c4ccccc4c2ccc1n3-c1nc(-c2ccc(-c3cccc4ccccc34)cc2)c2ccc3ccccc3c2n1. The van der Waals surface area contributed by atoms with E-state index < -0.39 is 0 Å². The molecule has 0 saturated carbocycles. The Labute approximate surface area is 339 Å². The molecule has 0 aliphatic rings. The molecule has 0 saturated heterocycles. The number of aromatic nitrogens is 3. The summed E-state index contributed by atoms with van der Waals surface area (Å²) in [5.74, 6) is 0.654. The minimum Gasteiger partial charge on any atom is -0.278 e. The molecule has 13 rings (SSSR count). The van der Waals surface area contributed by atoms with Crippen molar-refractivity contribution in [2.24, 2.45) is 0 Å². The van der Waals surface area contributed by atoms with E-state index in [1.54, 1.807) is 0 Å². The first-order chi connectivity index (χ1) is 29.3. The Morgan fingerprint density at radius 2 is 0.847 bits per heavy atom. The molecule has 13 aromatic rings. The largest absolute Gasteiger partial charge is 0.278 e. The maximum absolute atomic E-state index is 5.60. The second-order valence-corrected chi connectivity index (χ2v) is 15.7. The molecule has 3 nitrogen and oxygen atoms in total. The van der Waals surface area contributed by atoms with Crippen LogP contribution < -0.4 is 0 Å². The maximum Gasteiger partial charge on any atom is 0.235 e. The van der Waals surface area contributed by atoms with Crippen molar-refractivity contribution in [2.75, 3.05) is 0 Å². The Hall–Kier alpha value is -7.88. The lowest BCUT2D eigenvalue weighted by molar-refractivity contribution is 1.02. The smallest absolute Gasteiger partial charge is 0.235 e. The van der Waals surface area contributed by atoms with E-state index in [9.17, 15) is 0 Å². The molecular weight excluding hydrogens is 715 g/mol. The van der Waals surface area contributed by atoms with Crippen molar-refractivity contribution in [3.05, 3.63) is 200 Å². The molecule has 0 bridgehead atoms. The number of rotatable bonds is 3. The van der Waals surface area contributed by atoms with Crippen molar-refractivity contribution in [2.45, 2.75) is 0 Å². The summed E-state index contributed by atoms with van der Waals surface area (Å²) >= 11 is 0. The highest BCUT2D eigenvalue weighted by molar-refractivity contribution is 6.35. The normalized spacial score (nSPS) is 12.1. The second-order valence-electron chi connectivity index (χ2n) is 15.7. The Morgan fingerprint density at radius 1 is 0.305 bits per heavy atom. The predicted octanol–water partition coefficient (Wildman–Crippen LogP) is 15.0. The number of fused-ring (bicyclic) bond motifs is 15. The van der Waals surface area contributed by atoms with Gasteiger partial charge in [0.15, 0.2) is 0 Å². The number of hydrogen-bond donors (Lipinski definition) is 0. The van der Waals surface area contributed by atoms with E-state index in [0.717, 1.165) is 44.0 Å². The molecular formula is C56H33N3. The van der Waals surface area contributed by atoms with Gasteiger partial charge in [0.2, 0.25) is 5.95 Å². The Morgan fingerprint density at radius 3 is 1.59 bits per heavy atom. The van der Waals surface area contributed by atoms with Gasteiger partial charge in [-0.15, -0.1) is 0 Å². The standard InChI is InChI=1S/C56H33N3/c1-2-15-39-33-51-49(32-38(39)14-1)53-50(31-30-47-45-21-8-7-19-43(45)44-20-9-10-22-46(44)52(47)53)59(51)56-57-54(48-29-28-35-13-4-6-18-42(35)55(48)58-56)37-26-24-36(25-27-37)41-23-11-16-34-12-3-5-17-40(34)41/h1-33H. The first-order valence-corrected chi connectivity index (χ1v) is 20.2. The van der Waals surface area contributed by atoms with Crippen LogP contribution in [0.1, 0.15) is 0 Å². The van der Waals surface area contributed by atoms with Gasteiger partial charge in [0.1, 0.15) is 0 Å². The zero-order chi connectivity index (χ0) is 38.6. The van der Waals surface area contributed by atoms with Crippen molar-refractivity contribution in [1.82, 2.24) is 14.5 Å². The Kier molecular flexibility index (Phi) is 6.72. The van der Waals surface area contributed by atoms with Crippen molar-refractivity contribution < 1.29 is 0 Å². The molecule has 2 aromatic heterocycles. The van der Waals surface area contributed by atoms with Crippen LogP contribution >= 0.6 is 0 Å². The zero-order valence-electron chi connectivity index (χ0n) is 31.9. The van der Waals surface area contributed by atoms with Gasteiger partial charge in [-0.05, 0) is 89.3 Å². The van der Waals surface area contributed by atoms with E-state index in [-0.39, 0.29) is 0 Å². The van der Waals surface area contributed by atoms with E-state index in [4.69, 9.17) is 9.97 Å². The lowest BCUT2D eigenvalue weighted by atomic mass is 9.91. The van der Waals surface area contributed by atoms with Crippen LogP contribution in [0.15, 0.2) is 200 Å². The van der Waals surface area contributed by atoms with Crippen LogP contribution in [-0.2, 0) is 0 Å². The molecule has 11 aromatic carbocycles. The van der Waals surface area contributed by atoms with Crippen LogP contribution in [-0.4, -0.2) is 14.5 Å². The Balaban J connectivity index is 1.15. The van der Waals surface area contributed by atoms with Gasteiger partial charge < -0.3 is 0 Å². The molecule has 59 heavy (non-hydrogen) atoms. The molecule has 3 heteroatoms. The lowest BCUT2D eigenvalue weighted by Gasteiger charge is -2.14. The van der Waals surface area contributed by atoms with Crippen LogP contribution in [0.3, 0.4) is 0 Å². The maximum atomic E-state index is 5.60. The Bertz CT molecular complexity index is 3850. The fourth-order valence-corrected chi connectivity index (χ4v) is 9.86. The summed E-state index contributed by atoms with van der Waals surface area (Å²) in [4.78, 5) is 11.2. The molecule has 0 unspecified atom stereocenters. The molecule has 0 aliphatic carbocycles. The molecule has 0 atom stereocenters. The molecule has 0 amide bonds. The van der Waals surface area contributed by atoms with Gasteiger partial charge in [0, 0.05) is 32.5 Å². The average Bonchev–Trinajstić information content (AvgIpc) is 3.63. The summed E-state index contributed by atoms with van der Waals surface area (Å²) in [5.41, 5.74) is 7.46. The molecule has 0 aliphatic heterocycles. The summed E-state index contributed by atoms with van der Waals surface area (Å²) < 4.78 is 2.32. The fraction of sp³-hybridized carbons (Fsp3) is 0. The van der Waals surface area contributed by atoms with E-state index >= 15 is 0 Å². The molecule has 272 valence electrons. The van der Waals surface area contributed by atoms with E-state index in [2.05, 4.69) is 205 Å². The van der Waals surface area contributed by atoms with E-state index in [1.807, 2.05) is 0 Å². The summed E-state index contributed by atoms with van der Waals surface area (Å²) in [7, 11) is 0. The van der Waals surface area contributed by atoms with Gasteiger partial charge >= 0.3 is 0 Å². The van der Waals surface area contributed by atoms with Crippen LogP contribution in [0.25, 0.3) is 126 Å². The summed E-state index contributed by atoms with van der Waals surface area (Å²) in [6.45, 7) is 0. The number of hydrogen-bond acceptors (Lipinski definition) is 2. The number of benzene rings is 11. The zero-order valence-corrected chi connectivity index (χ0v) is 31.9. The highest BCUT2D eigenvalue weighted by Gasteiger charge is 2.22. The lowest BCUT2D eigenvalue weighted by Crippen LogP contribution is -2.04. The van der Waals surface area contributed by atoms with Crippen molar-refractivity contribution >= 4 is 97.3 Å².